The Kier molecular flexibility index (Phi) is 4.90. The van der Waals surface area contributed by atoms with Gasteiger partial charge in [-0.3, -0.25) is 4.79 Å². The molecule has 1 aromatic heterocycles. The van der Waals surface area contributed by atoms with Crippen LogP contribution in [0.15, 0.2) is 59.0 Å². The highest BCUT2D eigenvalue weighted by atomic mass is 35.5. The average Bonchev–Trinajstić information content (AvgIpc) is 3.05. The van der Waals surface area contributed by atoms with Crippen molar-refractivity contribution < 1.29 is 14.3 Å². The van der Waals surface area contributed by atoms with Crippen LogP contribution in [-0.2, 0) is 6.61 Å². The molecule has 0 saturated heterocycles. The summed E-state index contributed by atoms with van der Waals surface area (Å²) in [5.41, 5.74) is 1.94. The minimum absolute atomic E-state index is 0.0936. The molecule has 2 N–H and O–H groups in total. The number of aliphatic hydroxyl groups is 1. The van der Waals surface area contributed by atoms with Gasteiger partial charge in [-0.15, -0.1) is 0 Å². The molecule has 6 heteroatoms. The number of benzene rings is 2. The van der Waals surface area contributed by atoms with E-state index < -0.39 is 0 Å². The molecule has 0 radical (unpaired) electrons. The third kappa shape index (κ3) is 3.62. The first-order chi connectivity index (χ1) is 11.6. The van der Waals surface area contributed by atoms with Gasteiger partial charge in [0.1, 0.15) is 5.76 Å². The fourth-order valence-electron chi connectivity index (χ4n) is 2.23. The number of carbonyl (C=O) groups is 1. The van der Waals surface area contributed by atoms with Crippen molar-refractivity contribution in [1.82, 2.24) is 0 Å². The Hall–Kier alpha value is -2.27. The zero-order valence-corrected chi connectivity index (χ0v) is 13.9. The number of anilines is 1. The van der Waals surface area contributed by atoms with Crippen molar-refractivity contribution in [3.63, 3.8) is 0 Å². The van der Waals surface area contributed by atoms with Crippen molar-refractivity contribution in [2.24, 2.45) is 0 Å². The van der Waals surface area contributed by atoms with Crippen LogP contribution in [0.4, 0.5) is 5.69 Å². The van der Waals surface area contributed by atoms with Crippen LogP contribution < -0.4 is 5.32 Å². The summed E-state index contributed by atoms with van der Waals surface area (Å²) in [4.78, 5) is 12.3. The number of rotatable bonds is 4. The Morgan fingerprint density at radius 3 is 2.67 bits per heavy atom. The number of furan rings is 1. The van der Waals surface area contributed by atoms with Gasteiger partial charge >= 0.3 is 0 Å². The van der Waals surface area contributed by atoms with Crippen molar-refractivity contribution in [2.45, 2.75) is 6.61 Å². The van der Waals surface area contributed by atoms with Gasteiger partial charge in [0, 0.05) is 16.3 Å². The molecule has 122 valence electrons. The Morgan fingerprint density at radius 2 is 1.92 bits per heavy atom. The first-order valence-electron chi connectivity index (χ1n) is 7.13. The van der Waals surface area contributed by atoms with Gasteiger partial charge < -0.3 is 14.8 Å². The summed E-state index contributed by atoms with van der Waals surface area (Å²) in [7, 11) is 0. The van der Waals surface area contributed by atoms with E-state index in [2.05, 4.69) is 5.32 Å². The number of hydrogen-bond donors (Lipinski definition) is 2. The predicted octanol–water partition coefficient (Wildman–Crippen LogP) is 5.00. The molecule has 0 unspecified atom stereocenters. The number of amides is 1. The Bertz CT molecular complexity index is 889. The molecule has 1 heterocycles. The standard InChI is InChI=1S/C18H13Cl2NO3/c19-12-4-5-14(15(20)9-12)16-6-7-17(24-16)18(23)21-13-3-1-2-11(8-13)10-22/h1-9,22H,10H2,(H,21,23). The minimum Gasteiger partial charge on any atom is -0.451 e. The molecule has 3 rings (SSSR count). The molecule has 0 fully saturated rings. The van der Waals surface area contributed by atoms with E-state index in [9.17, 15) is 4.79 Å². The normalized spacial score (nSPS) is 10.6. The van der Waals surface area contributed by atoms with Crippen molar-refractivity contribution in [3.8, 4) is 11.3 Å². The highest BCUT2D eigenvalue weighted by Crippen LogP contribution is 2.31. The number of aliphatic hydroxyl groups excluding tert-OH is 1. The number of nitrogens with one attached hydrogen (secondary N) is 1. The van der Waals surface area contributed by atoms with Gasteiger partial charge in [0.2, 0.25) is 0 Å². The molecular formula is C18H13Cl2NO3. The first-order valence-corrected chi connectivity index (χ1v) is 7.89. The van der Waals surface area contributed by atoms with Crippen LogP contribution in [-0.4, -0.2) is 11.0 Å². The van der Waals surface area contributed by atoms with Gasteiger partial charge in [-0.05, 0) is 48.0 Å². The molecule has 0 bridgehead atoms. The average molecular weight is 362 g/mol. The van der Waals surface area contributed by atoms with Crippen LogP contribution in [0.5, 0.6) is 0 Å². The third-order valence-electron chi connectivity index (χ3n) is 3.39. The SMILES string of the molecule is O=C(Nc1cccc(CO)c1)c1ccc(-c2ccc(Cl)cc2Cl)o1. The maximum absolute atomic E-state index is 12.3. The van der Waals surface area contributed by atoms with E-state index >= 15 is 0 Å². The second kappa shape index (κ2) is 7.09. The van der Waals surface area contributed by atoms with Crippen LogP contribution in [0.1, 0.15) is 16.1 Å². The summed E-state index contributed by atoms with van der Waals surface area (Å²) < 4.78 is 5.59. The number of halogens is 2. The zero-order valence-electron chi connectivity index (χ0n) is 12.4. The molecule has 0 spiro atoms. The van der Waals surface area contributed by atoms with Crippen LogP contribution >= 0.6 is 23.2 Å². The van der Waals surface area contributed by atoms with Crippen LogP contribution in [0, 0.1) is 0 Å². The summed E-state index contributed by atoms with van der Waals surface area (Å²) in [6.45, 7) is -0.0936. The summed E-state index contributed by atoms with van der Waals surface area (Å²) in [5.74, 6) is 0.248. The van der Waals surface area contributed by atoms with E-state index in [1.165, 1.54) is 0 Å². The lowest BCUT2D eigenvalue weighted by molar-refractivity contribution is 0.0997. The quantitative estimate of drug-likeness (QED) is 0.687. The molecule has 24 heavy (non-hydrogen) atoms. The highest BCUT2D eigenvalue weighted by molar-refractivity contribution is 6.36. The lowest BCUT2D eigenvalue weighted by Crippen LogP contribution is -2.10. The summed E-state index contributed by atoms with van der Waals surface area (Å²) >= 11 is 12.0. The van der Waals surface area contributed by atoms with Crippen LogP contribution in [0.3, 0.4) is 0 Å². The van der Waals surface area contributed by atoms with Crippen LogP contribution in [0.25, 0.3) is 11.3 Å². The molecule has 3 aromatic rings. The second-order valence-electron chi connectivity index (χ2n) is 5.10. The lowest BCUT2D eigenvalue weighted by atomic mass is 10.2. The van der Waals surface area contributed by atoms with Crippen molar-refractivity contribution in [2.75, 3.05) is 5.32 Å². The molecule has 1 amide bonds. The van der Waals surface area contributed by atoms with Crippen molar-refractivity contribution >= 4 is 34.8 Å². The molecule has 4 nitrogen and oxygen atoms in total. The molecule has 0 aliphatic carbocycles. The maximum Gasteiger partial charge on any atom is 0.291 e. The van der Waals surface area contributed by atoms with Gasteiger partial charge in [-0.25, -0.2) is 0 Å². The molecule has 0 saturated carbocycles. The number of carbonyl (C=O) groups excluding carboxylic acids is 1. The molecular weight excluding hydrogens is 349 g/mol. The lowest BCUT2D eigenvalue weighted by Gasteiger charge is -2.05. The van der Waals surface area contributed by atoms with Gasteiger partial charge in [0.25, 0.3) is 5.91 Å². The van der Waals surface area contributed by atoms with Crippen molar-refractivity contribution in [3.05, 3.63) is 76.0 Å². The molecule has 0 atom stereocenters. The predicted molar refractivity (Wildman–Crippen MR) is 94.5 cm³/mol. The third-order valence-corrected chi connectivity index (χ3v) is 3.94. The Labute approximate surface area is 148 Å². The van der Waals surface area contributed by atoms with Gasteiger partial charge in [0.05, 0.1) is 11.6 Å². The van der Waals surface area contributed by atoms with E-state index in [-0.39, 0.29) is 18.3 Å². The monoisotopic (exact) mass is 361 g/mol. The minimum atomic E-state index is -0.388. The summed E-state index contributed by atoms with van der Waals surface area (Å²) in [5, 5.41) is 12.8. The first kappa shape index (κ1) is 16.6. The zero-order chi connectivity index (χ0) is 17.1. The van der Waals surface area contributed by atoms with E-state index in [1.54, 1.807) is 54.6 Å². The van der Waals surface area contributed by atoms with E-state index in [0.717, 1.165) is 0 Å². The van der Waals surface area contributed by atoms with E-state index in [1.807, 2.05) is 0 Å². The molecule has 0 aliphatic rings. The van der Waals surface area contributed by atoms with E-state index in [4.69, 9.17) is 32.7 Å². The van der Waals surface area contributed by atoms with Gasteiger partial charge in [-0.1, -0.05) is 35.3 Å². The summed E-state index contributed by atoms with van der Waals surface area (Å²) in [6, 6.07) is 15.2. The largest absolute Gasteiger partial charge is 0.451 e. The molecule has 0 aliphatic heterocycles. The number of hydrogen-bond acceptors (Lipinski definition) is 3. The highest BCUT2D eigenvalue weighted by Gasteiger charge is 2.14. The van der Waals surface area contributed by atoms with Gasteiger partial charge in [-0.2, -0.15) is 0 Å². The maximum atomic E-state index is 12.3. The fraction of sp³-hybridized carbons (Fsp3) is 0.0556. The van der Waals surface area contributed by atoms with Crippen molar-refractivity contribution in [1.29, 1.82) is 0 Å². The smallest absolute Gasteiger partial charge is 0.291 e. The van der Waals surface area contributed by atoms with E-state index in [0.29, 0.717) is 32.6 Å². The Morgan fingerprint density at radius 1 is 1.08 bits per heavy atom. The second-order valence-corrected chi connectivity index (χ2v) is 5.94. The summed E-state index contributed by atoms with van der Waals surface area (Å²) in [6.07, 6.45) is 0. The van der Waals surface area contributed by atoms with Gasteiger partial charge in [0.15, 0.2) is 5.76 Å². The fourth-order valence-corrected chi connectivity index (χ4v) is 2.74. The Balaban J connectivity index is 1.80. The topological polar surface area (TPSA) is 62.5 Å². The van der Waals surface area contributed by atoms with Crippen LogP contribution in [0.2, 0.25) is 10.0 Å². The molecule has 2 aromatic carbocycles.